The Labute approximate surface area is 59.7 Å². The van der Waals surface area contributed by atoms with Crippen LogP contribution in [0.5, 0.6) is 0 Å². The second-order valence-corrected chi connectivity index (χ2v) is 2.64. The van der Waals surface area contributed by atoms with E-state index in [1.807, 2.05) is 13.8 Å². The van der Waals surface area contributed by atoms with Crippen molar-refractivity contribution in [3.05, 3.63) is 17.7 Å². The van der Waals surface area contributed by atoms with Crippen molar-refractivity contribution < 1.29 is 4.39 Å². The Morgan fingerprint density at radius 2 is 2.20 bits per heavy atom. The van der Waals surface area contributed by atoms with Crippen LogP contribution in [0.3, 0.4) is 0 Å². The maximum atomic E-state index is 12.6. The van der Waals surface area contributed by atoms with Crippen LogP contribution in [0, 0.1) is 12.7 Å². The highest BCUT2D eigenvalue weighted by molar-refractivity contribution is 4.99. The van der Waals surface area contributed by atoms with E-state index in [0.717, 1.165) is 0 Å². The van der Waals surface area contributed by atoms with Crippen LogP contribution >= 0.6 is 0 Å². The van der Waals surface area contributed by atoms with Gasteiger partial charge in [0, 0.05) is 6.04 Å². The zero-order valence-corrected chi connectivity index (χ0v) is 6.43. The molecule has 1 rings (SSSR count). The highest BCUT2D eigenvalue weighted by Crippen LogP contribution is 2.07. The molecule has 1 aromatic heterocycles. The quantitative estimate of drug-likeness (QED) is 0.585. The first kappa shape index (κ1) is 7.25. The van der Waals surface area contributed by atoms with Gasteiger partial charge in [-0.2, -0.15) is 5.10 Å². The first-order valence-electron chi connectivity index (χ1n) is 3.32. The van der Waals surface area contributed by atoms with Crippen LogP contribution < -0.4 is 0 Å². The molecular formula is C7H11FN2. The van der Waals surface area contributed by atoms with Crippen LogP contribution in [0.1, 0.15) is 25.6 Å². The van der Waals surface area contributed by atoms with Gasteiger partial charge in [-0.3, -0.25) is 4.68 Å². The van der Waals surface area contributed by atoms with E-state index < -0.39 is 0 Å². The van der Waals surface area contributed by atoms with E-state index >= 15 is 0 Å². The molecule has 0 N–H and O–H groups in total. The van der Waals surface area contributed by atoms with Gasteiger partial charge >= 0.3 is 0 Å². The number of hydrogen-bond acceptors (Lipinski definition) is 1. The zero-order chi connectivity index (χ0) is 7.72. The monoisotopic (exact) mass is 142 g/mol. The van der Waals surface area contributed by atoms with Crippen molar-refractivity contribution in [1.82, 2.24) is 9.78 Å². The van der Waals surface area contributed by atoms with Crippen LogP contribution in [0.2, 0.25) is 0 Å². The summed E-state index contributed by atoms with van der Waals surface area (Å²) in [6.45, 7) is 5.59. The molecule has 0 unspecified atom stereocenters. The second kappa shape index (κ2) is 2.40. The molecule has 1 heterocycles. The molecule has 10 heavy (non-hydrogen) atoms. The van der Waals surface area contributed by atoms with E-state index in [9.17, 15) is 4.39 Å². The summed E-state index contributed by atoms with van der Waals surface area (Å²) in [5.74, 6) is -0.228. The predicted molar refractivity (Wildman–Crippen MR) is 37.3 cm³/mol. The molecule has 0 aliphatic heterocycles. The van der Waals surface area contributed by atoms with Gasteiger partial charge in [0.15, 0.2) is 5.82 Å². The average Bonchev–Trinajstić information content (AvgIpc) is 2.13. The largest absolute Gasteiger partial charge is 0.267 e. The molecule has 0 atom stereocenters. The lowest BCUT2D eigenvalue weighted by molar-refractivity contribution is 0.525. The van der Waals surface area contributed by atoms with Gasteiger partial charge in [0.1, 0.15) is 0 Å². The SMILES string of the molecule is Cc1nn(C(C)C)cc1F. The molecule has 0 fully saturated rings. The third kappa shape index (κ3) is 1.17. The summed E-state index contributed by atoms with van der Waals surface area (Å²) in [5, 5.41) is 3.95. The van der Waals surface area contributed by atoms with Gasteiger partial charge < -0.3 is 0 Å². The number of aromatic nitrogens is 2. The summed E-state index contributed by atoms with van der Waals surface area (Å²) in [5.41, 5.74) is 0.466. The summed E-state index contributed by atoms with van der Waals surface area (Å²) in [7, 11) is 0. The van der Waals surface area contributed by atoms with Gasteiger partial charge in [0.25, 0.3) is 0 Å². The fraction of sp³-hybridized carbons (Fsp3) is 0.571. The average molecular weight is 142 g/mol. The molecule has 0 amide bonds. The van der Waals surface area contributed by atoms with Crippen molar-refractivity contribution >= 4 is 0 Å². The number of aryl methyl sites for hydroxylation is 1. The maximum absolute atomic E-state index is 12.6. The number of halogens is 1. The molecule has 3 heteroatoms. The minimum absolute atomic E-state index is 0.228. The summed E-state index contributed by atoms with van der Waals surface area (Å²) in [6.07, 6.45) is 1.42. The van der Waals surface area contributed by atoms with Crippen molar-refractivity contribution in [2.24, 2.45) is 0 Å². The summed E-state index contributed by atoms with van der Waals surface area (Å²) < 4.78 is 14.2. The van der Waals surface area contributed by atoms with Crippen LogP contribution in [-0.4, -0.2) is 9.78 Å². The first-order chi connectivity index (χ1) is 4.61. The molecule has 0 saturated heterocycles. The van der Waals surface area contributed by atoms with Crippen LogP contribution in [0.15, 0.2) is 6.20 Å². The highest BCUT2D eigenvalue weighted by atomic mass is 19.1. The molecular weight excluding hydrogens is 131 g/mol. The van der Waals surface area contributed by atoms with E-state index in [1.54, 1.807) is 11.6 Å². The Kier molecular flexibility index (Phi) is 1.74. The third-order valence-corrected chi connectivity index (χ3v) is 1.39. The lowest BCUT2D eigenvalue weighted by Crippen LogP contribution is -2.00. The standard InChI is InChI=1S/C7H11FN2/c1-5(2)10-4-7(8)6(3)9-10/h4-5H,1-3H3. The van der Waals surface area contributed by atoms with E-state index in [0.29, 0.717) is 5.69 Å². The first-order valence-corrected chi connectivity index (χ1v) is 3.32. The van der Waals surface area contributed by atoms with Gasteiger partial charge in [0.2, 0.25) is 0 Å². The molecule has 1 aromatic rings. The molecule has 0 aromatic carbocycles. The number of rotatable bonds is 1. The minimum atomic E-state index is -0.228. The molecule has 0 bridgehead atoms. The summed E-state index contributed by atoms with van der Waals surface area (Å²) in [6, 6.07) is 0.239. The van der Waals surface area contributed by atoms with Crippen LogP contribution in [-0.2, 0) is 0 Å². The Bertz CT molecular complexity index is 208. The van der Waals surface area contributed by atoms with Gasteiger partial charge in [0.05, 0.1) is 11.9 Å². The zero-order valence-electron chi connectivity index (χ0n) is 6.43. The van der Waals surface area contributed by atoms with Gasteiger partial charge in [-0.25, -0.2) is 4.39 Å². The molecule has 0 saturated carbocycles. The third-order valence-electron chi connectivity index (χ3n) is 1.39. The predicted octanol–water partition coefficient (Wildman–Crippen LogP) is 1.91. The smallest absolute Gasteiger partial charge is 0.163 e. The summed E-state index contributed by atoms with van der Waals surface area (Å²) >= 11 is 0. The van der Waals surface area contributed by atoms with Crippen LogP contribution in [0.25, 0.3) is 0 Å². The van der Waals surface area contributed by atoms with Gasteiger partial charge in [-0.05, 0) is 20.8 Å². The number of hydrogen-bond donors (Lipinski definition) is 0. The van der Waals surface area contributed by atoms with E-state index in [-0.39, 0.29) is 11.9 Å². The molecule has 0 radical (unpaired) electrons. The van der Waals surface area contributed by atoms with Crippen molar-refractivity contribution in [3.8, 4) is 0 Å². The minimum Gasteiger partial charge on any atom is -0.267 e. The van der Waals surface area contributed by atoms with Crippen LogP contribution in [0.4, 0.5) is 4.39 Å². The van der Waals surface area contributed by atoms with Crippen molar-refractivity contribution in [2.75, 3.05) is 0 Å². The fourth-order valence-corrected chi connectivity index (χ4v) is 0.724. The molecule has 56 valence electrons. The molecule has 2 nitrogen and oxygen atoms in total. The van der Waals surface area contributed by atoms with E-state index in [4.69, 9.17) is 0 Å². The Morgan fingerprint density at radius 3 is 2.40 bits per heavy atom. The maximum Gasteiger partial charge on any atom is 0.163 e. The van der Waals surface area contributed by atoms with Crippen molar-refractivity contribution in [3.63, 3.8) is 0 Å². The van der Waals surface area contributed by atoms with Crippen molar-refractivity contribution in [2.45, 2.75) is 26.8 Å². The van der Waals surface area contributed by atoms with Gasteiger partial charge in [-0.15, -0.1) is 0 Å². The Morgan fingerprint density at radius 1 is 1.60 bits per heavy atom. The second-order valence-electron chi connectivity index (χ2n) is 2.64. The van der Waals surface area contributed by atoms with E-state index in [1.165, 1.54) is 6.20 Å². The lowest BCUT2D eigenvalue weighted by atomic mass is 10.4. The molecule has 0 aliphatic carbocycles. The normalized spacial score (nSPS) is 10.9. The highest BCUT2D eigenvalue weighted by Gasteiger charge is 2.04. The van der Waals surface area contributed by atoms with Crippen molar-refractivity contribution in [1.29, 1.82) is 0 Å². The fourth-order valence-electron chi connectivity index (χ4n) is 0.724. The summed E-state index contributed by atoms with van der Waals surface area (Å²) in [4.78, 5) is 0. The van der Waals surface area contributed by atoms with Gasteiger partial charge in [-0.1, -0.05) is 0 Å². The Balaban J connectivity index is 2.98. The lowest BCUT2D eigenvalue weighted by Gasteiger charge is -2.02. The topological polar surface area (TPSA) is 17.8 Å². The molecule has 0 spiro atoms. The number of nitrogens with zero attached hydrogens (tertiary/aromatic N) is 2. The van der Waals surface area contributed by atoms with E-state index in [2.05, 4.69) is 5.10 Å². The molecule has 0 aliphatic rings. The Hall–Kier alpha value is -0.860.